The van der Waals surface area contributed by atoms with E-state index in [1.807, 2.05) is 25.1 Å². The van der Waals surface area contributed by atoms with Gasteiger partial charge >= 0.3 is 0 Å². The van der Waals surface area contributed by atoms with Gasteiger partial charge in [-0.1, -0.05) is 48.0 Å². The van der Waals surface area contributed by atoms with E-state index < -0.39 is 0 Å². The minimum absolute atomic E-state index is 0.535. The summed E-state index contributed by atoms with van der Waals surface area (Å²) in [5.74, 6) is 1.56. The van der Waals surface area contributed by atoms with Crippen LogP contribution in [0.15, 0.2) is 66.7 Å². The summed E-state index contributed by atoms with van der Waals surface area (Å²) < 4.78 is 11.9. The Morgan fingerprint density at radius 2 is 1.59 bits per heavy atom. The molecule has 0 atom stereocenters. The van der Waals surface area contributed by atoms with Crippen molar-refractivity contribution in [3.63, 3.8) is 0 Å². The van der Waals surface area contributed by atoms with Crippen LogP contribution in [0.5, 0.6) is 11.5 Å². The van der Waals surface area contributed by atoms with Crippen molar-refractivity contribution in [3.05, 3.63) is 89.0 Å². The van der Waals surface area contributed by atoms with Crippen LogP contribution < -0.4 is 14.8 Å². The molecule has 3 rings (SSSR count). The summed E-state index contributed by atoms with van der Waals surface area (Å²) in [5, 5.41) is 3.45. The predicted molar refractivity (Wildman–Crippen MR) is 112 cm³/mol. The normalized spacial score (nSPS) is 10.5. The van der Waals surface area contributed by atoms with Crippen molar-refractivity contribution in [3.8, 4) is 11.5 Å². The van der Waals surface area contributed by atoms with Crippen molar-refractivity contribution < 1.29 is 9.47 Å². The third-order valence-corrected chi connectivity index (χ3v) is 4.50. The number of benzene rings is 3. The van der Waals surface area contributed by atoms with Crippen LogP contribution in [0.2, 0.25) is 0 Å². The average molecular weight is 361 g/mol. The van der Waals surface area contributed by atoms with Crippen LogP contribution in [0.3, 0.4) is 0 Å². The third-order valence-electron chi connectivity index (χ3n) is 4.50. The van der Waals surface area contributed by atoms with E-state index >= 15 is 0 Å². The Hall–Kier alpha value is -2.94. The van der Waals surface area contributed by atoms with E-state index in [2.05, 4.69) is 67.7 Å². The summed E-state index contributed by atoms with van der Waals surface area (Å²) in [6.07, 6.45) is 0. The van der Waals surface area contributed by atoms with Gasteiger partial charge in [0.05, 0.1) is 6.61 Å². The lowest BCUT2D eigenvalue weighted by Gasteiger charge is -2.15. The Balaban J connectivity index is 1.68. The molecule has 27 heavy (non-hydrogen) atoms. The fraction of sp³-hybridized carbons (Fsp3) is 0.250. The number of aryl methyl sites for hydroxylation is 2. The minimum Gasteiger partial charge on any atom is -0.490 e. The van der Waals surface area contributed by atoms with Gasteiger partial charge in [-0.15, -0.1) is 0 Å². The van der Waals surface area contributed by atoms with E-state index in [1.54, 1.807) is 0 Å². The highest BCUT2D eigenvalue weighted by atomic mass is 16.5. The molecule has 0 radical (unpaired) electrons. The lowest BCUT2D eigenvalue weighted by atomic mass is 10.1. The van der Waals surface area contributed by atoms with Gasteiger partial charge < -0.3 is 14.8 Å². The quantitative estimate of drug-likeness (QED) is 0.542. The Kier molecular flexibility index (Phi) is 6.37. The van der Waals surface area contributed by atoms with Gasteiger partial charge in [0.2, 0.25) is 0 Å². The summed E-state index contributed by atoms with van der Waals surface area (Å²) in [5.41, 5.74) is 5.94. The lowest BCUT2D eigenvalue weighted by Crippen LogP contribution is -2.03. The van der Waals surface area contributed by atoms with E-state index in [9.17, 15) is 0 Å². The van der Waals surface area contributed by atoms with Crippen LogP contribution in [0, 0.1) is 13.8 Å². The van der Waals surface area contributed by atoms with Crippen molar-refractivity contribution in [2.24, 2.45) is 0 Å². The SMILES string of the molecule is CCOc1cc(CNc2ccc(C)cc2)ccc1OCc1ccccc1C. The molecule has 3 heteroatoms. The first-order valence-electron chi connectivity index (χ1n) is 9.39. The maximum Gasteiger partial charge on any atom is 0.161 e. The largest absolute Gasteiger partial charge is 0.490 e. The molecule has 3 aromatic carbocycles. The molecule has 1 N–H and O–H groups in total. The topological polar surface area (TPSA) is 30.5 Å². The first-order chi connectivity index (χ1) is 13.2. The van der Waals surface area contributed by atoms with Gasteiger partial charge in [0.15, 0.2) is 11.5 Å². The highest BCUT2D eigenvalue weighted by Gasteiger charge is 2.08. The molecule has 0 aromatic heterocycles. The lowest BCUT2D eigenvalue weighted by molar-refractivity contribution is 0.268. The summed E-state index contributed by atoms with van der Waals surface area (Å²) >= 11 is 0. The molecule has 3 nitrogen and oxygen atoms in total. The molecular formula is C24H27NO2. The van der Waals surface area contributed by atoms with Crippen LogP contribution in [-0.2, 0) is 13.2 Å². The monoisotopic (exact) mass is 361 g/mol. The van der Waals surface area contributed by atoms with Crippen LogP contribution in [0.4, 0.5) is 5.69 Å². The van der Waals surface area contributed by atoms with Crippen molar-refractivity contribution in [1.29, 1.82) is 0 Å². The van der Waals surface area contributed by atoms with E-state index in [0.29, 0.717) is 13.2 Å². The summed E-state index contributed by atoms with van der Waals surface area (Å²) in [7, 11) is 0. The molecule has 0 aliphatic rings. The molecule has 0 saturated carbocycles. The van der Waals surface area contributed by atoms with Crippen LogP contribution in [0.1, 0.15) is 29.2 Å². The zero-order valence-electron chi connectivity index (χ0n) is 16.3. The molecule has 0 amide bonds. The molecule has 0 unspecified atom stereocenters. The van der Waals surface area contributed by atoms with Gasteiger partial charge in [0, 0.05) is 12.2 Å². The Morgan fingerprint density at radius 3 is 2.33 bits per heavy atom. The summed E-state index contributed by atoms with van der Waals surface area (Å²) in [4.78, 5) is 0. The molecule has 0 saturated heterocycles. The van der Waals surface area contributed by atoms with E-state index in [4.69, 9.17) is 9.47 Å². The second kappa shape index (κ2) is 9.13. The van der Waals surface area contributed by atoms with E-state index in [1.165, 1.54) is 16.7 Å². The Morgan fingerprint density at radius 1 is 0.815 bits per heavy atom. The highest BCUT2D eigenvalue weighted by molar-refractivity contribution is 5.47. The maximum absolute atomic E-state index is 6.04. The molecule has 0 bridgehead atoms. The van der Waals surface area contributed by atoms with Crippen molar-refractivity contribution in [2.45, 2.75) is 33.9 Å². The van der Waals surface area contributed by atoms with Crippen molar-refractivity contribution in [1.82, 2.24) is 0 Å². The molecule has 0 aliphatic heterocycles. The number of nitrogens with one attached hydrogen (secondary N) is 1. The smallest absolute Gasteiger partial charge is 0.161 e. The molecular weight excluding hydrogens is 334 g/mol. The van der Waals surface area contributed by atoms with Crippen LogP contribution in [-0.4, -0.2) is 6.61 Å². The highest BCUT2D eigenvalue weighted by Crippen LogP contribution is 2.30. The van der Waals surface area contributed by atoms with Gasteiger partial charge in [0.1, 0.15) is 6.61 Å². The van der Waals surface area contributed by atoms with Crippen LogP contribution in [0.25, 0.3) is 0 Å². The van der Waals surface area contributed by atoms with E-state index in [-0.39, 0.29) is 0 Å². The second-order valence-electron chi connectivity index (χ2n) is 6.65. The minimum atomic E-state index is 0.535. The Bertz CT molecular complexity index is 872. The fourth-order valence-electron chi connectivity index (χ4n) is 2.85. The number of hydrogen-bond acceptors (Lipinski definition) is 3. The first-order valence-corrected chi connectivity index (χ1v) is 9.39. The number of hydrogen-bond donors (Lipinski definition) is 1. The second-order valence-corrected chi connectivity index (χ2v) is 6.65. The molecule has 140 valence electrons. The average Bonchev–Trinajstić information content (AvgIpc) is 2.68. The Labute approximate surface area is 162 Å². The number of rotatable bonds is 8. The van der Waals surface area contributed by atoms with Gasteiger partial charge in [-0.2, -0.15) is 0 Å². The molecule has 0 heterocycles. The molecule has 0 aliphatic carbocycles. The standard InChI is InChI=1S/C24H27NO2/c1-4-26-24-15-20(16-25-22-12-9-18(2)10-13-22)11-14-23(24)27-17-21-8-6-5-7-19(21)3/h5-15,25H,4,16-17H2,1-3H3. The third kappa shape index (κ3) is 5.27. The van der Waals surface area contributed by atoms with Gasteiger partial charge in [-0.25, -0.2) is 0 Å². The predicted octanol–water partition coefficient (Wildman–Crippen LogP) is 5.89. The number of ether oxygens (including phenoxy) is 2. The maximum atomic E-state index is 6.04. The van der Waals surface area contributed by atoms with Gasteiger partial charge in [-0.05, 0) is 61.7 Å². The van der Waals surface area contributed by atoms with Crippen molar-refractivity contribution >= 4 is 5.69 Å². The van der Waals surface area contributed by atoms with Gasteiger partial charge in [0.25, 0.3) is 0 Å². The van der Waals surface area contributed by atoms with Gasteiger partial charge in [-0.3, -0.25) is 0 Å². The molecule has 0 spiro atoms. The molecule has 0 fully saturated rings. The zero-order chi connectivity index (χ0) is 19.1. The van der Waals surface area contributed by atoms with Crippen molar-refractivity contribution in [2.75, 3.05) is 11.9 Å². The van der Waals surface area contributed by atoms with E-state index in [0.717, 1.165) is 29.3 Å². The fourth-order valence-corrected chi connectivity index (χ4v) is 2.85. The first kappa shape index (κ1) is 18.8. The summed E-state index contributed by atoms with van der Waals surface area (Å²) in [6, 6.07) is 22.8. The zero-order valence-corrected chi connectivity index (χ0v) is 16.3. The molecule has 3 aromatic rings. The number of anilines is 1. The summed E-state index contributed by atoms with van der Waals surface area (Å²) in [6.45, 7) is 8.06. The van der Waals surface area contributed by atoms with Crippen LogP contribution >= 0.6 is 0 Å².